The maximum absolute atomic E-state index is 11.1. The van der Waals surface area contributed by atoms with Crippen LogP contribution >= 0.6 is 0 Å². The maximum atomic E-state index is 11.1. The van der Waals surface area contributed by atoms with Crippen molar-refractivity contribution in [2.45, 2.75) is 191 Å². The molecule has 0 N–H and O–H groups in total. The molecule has 0 saturated carbocycles. The van der Waals surface area contributed by atoms with Crippen molar-refractivity contribution in [3.8, 4) is 23.0 Å². The summed E-state index contributed by atoms with van der Waals surface area (Å²) < 4.78 is 78.1. The normalized spacial score (nSPS) is 11.4. The van der Waals surface area contributed by atoms with Crippen LogP contribution in [0.4, 0.5) is 0 Å². The van der Waals surface area contributed by atoms with Gasteiger partial charge in [-0.15, -0.1) is 0 Å². The summed E-state index contributed by atoms with van der Waals surface area (Å²) in [6.45, 7) is 4.53. The molecular weight excluding hydrogens is 857 g/mol. The molecule has 0 aliphatic rings. The topological polar surface area (TPSA) is 133 Å². The van der Waals surface area contributed by atoms with Crippen LogP contribution in [0.3, 0.4) is 0 Å². The van der Waals surface area contributed by atoms with Crippen LogP contribution in [0.2, 0.25) is 0 Å². The van der Waals surface area contributed by atoms with E-state index in [-0.39, 0.29) is 47.5 Å². The van der Waals surface area contributed by atoms with Gasteiger partial charge in [0.2, 0.25) is 0 Å². The summed E-state index contributed by atoms with van der Waals surface area (Å²) in [5.41, 5.74) is 2.55. The van der Waals surface area contributed by atoms with Crippen molar-refractivity contribution in [1.29, 1.82) is 0 Å². The van der Waals surface area contributed by atoms with Gasteiger partial charge < -0.3 is 18.6 Å². The van der Waals surface area contributed by atoms with Gasteiger partial charge in [0.1, 0.15) is 43.2 Å². The number of rotatable bonds is 32. The number of unbranched alkanes of at least 4 members (excludes halogenated alkanes) is 22. The minimum atomic E-state index is -4.48. The summed E-state index contributed by atoms with van der Waals surface area (Å²) in [5, 5.41) is 0. The SMILES string of the molecule is CCCCCCCCCCCCCCc1ccc(Oc2cccc(S(=O)(=O)[O-])c2)cc1.CCCCCCCCCCCCCCc1ccc(Oc2cccc(S(=O)(=O)[O-])c2)cc1.[Ca+2]. The molecule has 0 amide bonds. The molecule has 63 heavy (non-hydrogen) atoms. The predicted octanol–water partition coefficient (Wildman–Crippen LogP) is 14.9. The van der Waals surface area contributed by atoms with Gasteiger partial charge in [0.15, 0.2) is 0 Å². The van der Waals surface area contributed by atoms with Crippen molar-refractivity contribution in [2.75, 3.05) is 0 Å². The second-order valence-electron chi connectivity index (χ2n) is 16.6. The second kappa shape index (κ2) is 34.0. The Balaban J connectivity index is 0.000000427. The Morgan fingerprint density at radius 1 is 0.365 bits per heavy atom. The van der Waals surface area contributed by atoms with Gasteiger partial charge in [0, 0.05) is 0 Å². The third-order valence-electron chi connectivity index (χ3n) is 11.1. The Kier molecular flexibility index (Phi) is 30.6. The van der Waals surface area contributed by atoms with E-state index in [1.165, 1.54) is 202 Å². The van der Waals surface area contributed by atoms with E-state index >= 15 is 0 Å². The summed E-state index contributed by atoms with van der Waals surface area (Å²) in [6, 6.07) is 27.0. The fraction of sp³-hybridized carbons (Fsp3) is 0.538. The Hall–Kier alpha value is -2.44. The quantitative estimate of drug-likeness (QED) is 0.0269. The van der Waals surface area contributed by atoms with Crippen LogP contribution in [-0.4, -0.2) is 63.7 Å². The van der Waals surface area contributed by atoms with Crippen LogP contribution in [0.1, 0.15) is 179 Å². The Bertz CT molecular complexity index is 1840. The minimum absolute atomic E-state index is 0. The molecule has 0 aromatic heterocycles. The zero-order valence-electron chi connectivity index (χ0n) is 38.4. The van der Waals surface area contributed by atoms with Crippen LogP contribution in [0.25, 0.3) is 0 Å². The first-order valence-corrected chi connectivity index (χ1v) is 26.4. The van der Waals surface area contributed by atoms with Crippen LogP contribution in [0.5, 0.6) is 23.0 Å². The molecular formula is C52H74CaO8S2. The average molecular weight is 931 g/mol. The molecule has 0 aliphatic heterocycles. The zero-order valence-corrected chi connectivity index (χ0v) is 42.3. The molecule has 0 spiro atoms. The van der Waals surface area contributed by atoms with Gasteiger partial charge >= 0.3 is 37.7 Å². The van der Waals surface area contributed by atoms with Crippen LogP contribution < -0.4 is 9.47 Å². The summed E-state index contributed by atoms with van der Waals surface area (Å²) in [6.07, 6.45) is 34.5. The second-order valence-corrected chi connectivity index (χ2v) is 19.4. The molecule has 4 aromatic carbocycles. The smallest absolute Gasteiger partial charge is 0.744 e. The third-order valence-corrected chi connectivity index (χ3v) is 12.8. The zero-order chi connectivity index (χ0) is 44.7. The van der Waals surface area contributed by atoms with Gasteiger partial charge in [-0.1, -0.05) is 192 Å². The fourth-order valence-corrected chi connectivity index (χ4v) is 8.46. The first-order chi connectivity index (χ1) is 30.0. The Labute approximate surface area is 411 Å². The average Bonchev–Trinajstić information content (AvgIpc) is 3.25. The molecule has 0 aliphatic carbocycles. The number of ether oxygens (including phenoxy) is 2. The first kappa shape index (κ1) is 56.7. The molecule has 0 unspecified atom stereocenters. The van der Waals surface area contributed by atoms with E-state index in [1.807, 2.05) is 48.5 Å². The van der Waals surface area contributed by atoms with Crippen molar-refractivity contribution in [3.63, 3.8) is 0 Å². The summed E-state index contributed by atoms with van der Waals surface area (Å²) in [4.78, 5) is -0.567. The number of hydrogen-bond acceptors (Lipinski definition) is 8. The van der Waals surface area contributed by atoms with Gasteiger partial charge in [-0.2, -0.15) is 0 Å². The monoisotopic (exact) mass is 930 g/mol. The fourth-order valence-electron chi connectivity index (χ4n) is 7.45. The van der Waals surface area contributed by atoms with E-state index in [9.17, 15) is 25.9 Å². The number of hydrogen-bond donors (Lipinski definition) is 0. The first-order valence-electron chi connectivity index (χ1n) is 23.6. The van der Waals surface area contributed by atoms with Crippen molar-refractivity contribution in [2.24, 2.45) is 0 Å². The minimum Gasteiger partial charge on any atom is -0.744 e. The summed E-state index contributed by atoms with van der Waals surface area (Å²) >= 11 is 0. The van der Waals surface area contributed by atoms with Crippen molar-refractivity contribution in [3.05, 3.63) is 108 Å². The van der Waals surface area contributed by atoms with Crippen LogP contribution in [-0.2, 0) is 33.1 Å². The summed E-state index contributed by atoms with van der Waals surface area (Å²) in [7, 11) is -8.96. The van der Waals surface area contributed by atoms with Gasteiger partial charge in [-0.05, 0) is 97.5 Å². The number of benzene rings is 4. The van der Waals surface area contributed by atoms with Crippen molar-refractivity contribution < 1.29 is 35.4 Å². The Morgan fingerprint density at radius 2 is 0.635 bits per heavy atom. The van der Waals surface area contributed by atoms with E-state index in [0.29, 0.717) is 23.0 Å². The van der Waals surface area contributed by atoms with Gasteiger partial charge in [-0.3, -0.25) is 0 Å². The van der Waals surface area contributed by atoms with E-state index in [4.69, 9.17) is 9.47 Å². The predicted molar refractivity (Wildman–Crippen MR) is 257 cm³/mol. The standard InChI is InChI=1S/2C26H38O4S.Ca/c2*1-2-3-4-5-6-7-8-9-10-11-12-13-15-23-18-20-24(21-19-23)30-25-16-14-17-26(22-25)31(27,28)29;/h2*14,16-22H,2-13,15H2,1H3,(H,27,28,29);/q;;+2/p-2. The van der Waals surface area contributed by atoms with E-state index in [1.54, 1.807) is 12.1 Å². The molecule has 8 nitrogen and oxygen atoms in total. The summed E-state index contributed by atoms with van der Waals surface area (Å²) in [5.74, 6) is 1.93. The molecule has 4 rings (SSSR count). The van der Waals surface area contributed by atoms with Gasteiger partial charge in [0.25, 0.3) is 0 Å². The van der Waals surface area contributed by atoms with Crippen molar-refractivity contribution in [1.82, 2.24) is 0 Å². The molecule has 0 saturated heterocycles. The maximum Gasteiger partial charge on any atom is 2.00 e. The van der Waals surface area contributed by atoms with E-state index in [0.717, 1.165) is 12.8 Å². The third kappa shape index (κ3) is 27.0. The van der Waals surface area contributed by atoms with Crippen molar-refractivity contribution >= 4 is 58.0 Å². The molecule has 0 radical (unpaired) electrons. The van der Waals surface area contributed by atoms with E-state index in [2.05, 4.69) is 13.8 Å². The largest absolute Gasteiger partial charge is 2.00 e. The van der Waals surface area contributed by atoms with Crippen LogP contribution in [0, 0.1) is 0 Å². The molecule has 0 bridgehead atoms. The van der Waals surface area contributed by atoms with Gasteiger partial charge in [-0.25, -0.2) is 16.8 Å². The molecule has 11 heteroatoms. The van der Waals surface area contributed by atoms with E-state index < -0.39 is 20.2 Å². The molecule has 0 fully saturated rings. The molecule has 4 aromatic rings. The molecule has 0 atom stereocenters. The Morgan fingerprint density at radius 3 is 0.905 bits per heavy atom. The molecule has 0 heterocycles. The van der Waals surface area contributed by atoms with Crippen LogP contribution in [0.15, 0.2) is 107 Å². The number of aryl methyl sites for hydroxylation is 2. The van der Waals surface area contributed by atoms with Gasteiger partial charge in [0.05, 0.1) is 9.79 Å². The molecule has 344 valence electrons.